The van der Waals surface area contributed by atoms with Crippen LogP contribution < -0.4 is 15.4 Å². The molecule has 3 atom stereocenters. The van der Waals surface area contributed by atoms with Gasteiger partial charge in [0, 0.05) is 30.6 Å². The Hall–Kier alpha value is -2.60. The van der Waals surface area contributed by atoms with Gasteiger partial charge in [0.15, 0.2) is 0 Å². The van der Waals surface area contributed by atoms with Gasteiger partial charge in [-0.1, -0.05) is 32.8 Å². The summed E-state index contributed by atoms with van der Waals surface area (Å²) in [5, 5.41) is 25.1. The summed E-state index contributed by atoms with van der Waals surface area (Å²) >= 11 is 0. The summed E-state index contributed by atoms with van der Waals surface area (Å²) in [6, 6.07) is 3.93. The average Bonchev–Trinajstić information content (AvgIpc) is 3.11. The Bertz CT molecular complexity index is 827. The molecule has 0 radical (unpaired) electrons. The van der Waals surface area contributed by atoms with Crippen LogP contribution in [0.25, 0.3) is 0 Å². The fraction of sp³-hybridized carbons (Fsp3) is 0.565. The average molecular weight is 432 g/mol. The first-order valence-electron chi connectivity index (χ1n) is 10.4. The minimum Gasteiger partial charge on any atom is -0.491 e. The lowest BCUT2D eigenvalue weighted by atomic mass is 9.86. The molecule has 31 heavy (non-hydrogen) atoms. The minimum atomic E-state index is -0.757. The van der Waals surface area contributed by atoms with Crippen LogP contribution in [0.5, 0.6) is 5.75 Å². The van der Waals surface area contributed by atoms with Gasteiger partial charge in [0.25, 0.3) is 0 Å². The number of carbonyl (C=O) groups excluding carboxylic acids is 2. The Kier molecular flexibility index (Phi) is 8.45. The van der Waals surface area contributed by atoms with Gasteiger partial charge in [0.05, 0.1) is 18.8 Å². The summed E-state index contributed by atoms with van der Waals surface area (Å²) in [5.41, 5.74) is 0.969. The van der Waals surface area contributed by atoms with E-state index in [4.69, 9.17) is 16.3 Å². The second-order valence-corrected chi connectivity index (χ2v) is 8.74. The van der Waals surface area contributed by atoms with Crippen LogP contribution in [0.15, 0.2) is 18.2 Å². The number of aliphatic hydroxyl groups is 2. The van der Waals surface area contributed by atoms with E-state index in [0.29, 0.717) is 16.9 Å². The number of likely N-dealkylation sites (N-methyl/N-ethyl adjacent to an activating group) is 1. The molecule has 2 amide bonds. The fourth-order valence-electron chi connectivity index (χ4n) is 3.78. The number of hydrogen-bond acceptors (Lipinski definition) is 6. The van der Waals surface area contributed by atoms with E-state index in [2.05, 4.69) is 16.6 Å². The molecule has 1 aromatic rings. The number of nitrogens with one attached hydrogen (secondary N) is 2. The van der Waals surface area contributed by atoms with Gasteiger partial charge >= 0.3 is 0 Å². The van der Waals surface area contributed by atoms with Crippen molar-refractivity contribution in [2.24, 2.45) is 5.41 Å². The van der Waals surface area contributed by atoms with Gasteiger partial charge in [-0.25, -0.2) is 0 Å². The molecule has 0 spiro atoms. The molecule has 0 unspecified atom stereocenters. The van der Waals surface area contributed by atoms with Gasteiger partial charge in [-0.05, 0) is 24.6 Å². The van der Waals surface area contributed by atoms with E-state index < -0.39 is 18.2 Å². The second kappa shape index (κ2) is 10.6. The Labute approximate surface area is 184 Å². The molecular formula is C23H33N3O5. The highest BCUT2D eigenvalue weighted by atomic mass is 16.5. The van der Waals surface area contributed by atoms with Crippen LogP contribution in [-0.2, 0) is 16.1 Å². The highest BCUT2D eigenvalue weighted by Crippen LogP contribution is 2.26. The maximum absolute atomic E-state index is 13.1. The minimum absolute atomic E-state index is 0.101. The lowest BCUT2D eigenvalue weighted by molar-refractivity contribution is -0.142. The maximum atomic E-state index is 13.1. The van der Waals surface area contributed by atoms with Gasteiger partial charge in [-0.15, -0.1) is 6.42 Å². The SMILES string of the molecule is C#Cc1ccc(CNC(=O)[C@@H]2C[C@@H](O)CN2C(=O)[C@@H](NC)C(C)(C)C)c(OCCO)c1. The number of likely N-dealkylation sites (tertiary alicyclic amines) is 1. The van der Waals surface area contributed by atoms with Crippen molar-refractivity contribution in [3.63, 3.8) is 0 Å². The third-order valence-electron chi connectivity index (χ3n) is 5.30. The fourth-order valence-corrected chi connectivity index (χ4v) is 3.78. The first-order valence-corrected chi connectivity index (χ1v) is 10.4. The van der Waals surface area contributed by atoms with Crippen molar-refractivity contribution >= 4 is 11.8 Å². The molecular weight excluding hydrogens is 398 g/mol. The predicted molar refractivity (Wildman–Crippen MR) is 117 cm³/mol. The molecule has 1 saturated heterocycles. The van der Waals surface area contributed by atoms with E-state index in [1.165, 1.54) is 4.90 Å². The normalized spacial score (nSPS) is 19.6. The first-order chi connectivity index (χ1) is 14.6. The number of benzene rings is 1. The van der Waals surface area contributed by atoms with Crippen molar-refractivity contribution < 1.29 is 24.5 Å². The molecule has 1 fully saturated rings. The zero-order chi connectivity index (χ0) is 23.2. The van der Waals surface area contributed by atoms with Crippen LogP contribution in [0, 0.1) is 17.8 Å². The zero-order valence-electron chi connectivity index (χ0n) is 18.6. The molecule has 170 valence electrons. The van der Waals surface area contributed by atoms with Crippen LogP contribution >= 0.6 is 0 Å². The van der Waals surface area contributed by atoms with Crippen molar-refractivity contribution in [3.8, 4) is 18.1 Å². The van der Waals surface area contributed by atoms with Crippen molar-refractivity contribution in [3.05, 3.63) is 29.3 Å². The molecule has 1 aliphatic heterocycles. The van der Waals surface area contributed by atoms with Crippen LogP contribution in [0.4, 0.5) is 0 Å². The van der Waals surface area contributed by atoms with E-state index in [9.17, 15) is 14.7 Å². The van der Waals surface area contributed by atoms with Gasteiger partial charge in [-0.3, -0.25) is 9.59 Å². The number of rotatable bonds is 8. The van der Waals surface area contributed by atoms with Crippen LogP contribution in [-0.4, -0.2) is 71.9 Å². The molecule has 0 aromatic heterocycles. The van der Waals surface area contributed by atoms with E-state index in [-0.39, 0.29) is 50.0 Å². The summed E-state index contributed by atoms with van der Waals surface area (Å²) in [7, 11) is 1.71. The van der Waals surface area contributed by atoms with E-state index in [0.717, 1.165) is 0 Å². The van der Waals surface area contributed by atoms with E-state index >= 15 is 0 Å². The summed E-state index contributed by atoms with van der Waals surface area (Å²) in [4.78, 5) is 27.5. The molecule has 2 rings (SSSR count). The van der Waals surface area contributed by atoms with Gasteiger partial charge in [0.1, 0.15) is 18.4 Å². The topological polar surface area (TPSA) is 111 Å². The van der Waals surface area contributed by atoms with Crippen molar-refractivity contribution in [1.82, 2.24) is 15.5 Å². The zero-order valence-corrected chi connectivity index (χ0v) is 18.6. The number of β-amino-alcohol motifs (C(OH)–C–C–N with tert-alkyl or cyclic N) is 1. The third kappa shape index (κ3) is 6.20. The molecule has 1 heterocycles. The lowest BCUT2D eigenvalue weighted by Crippen LogP contribution is -2.55. The molecule has 1 aromatic carbocycles. The second-order valence-electron chi connectivity index (χ2n) is 8.74. The van der Waals surface area contributed by atoms with Crippen LogP contribution in [0.3, 0.4) is 0 Å². The van der Waals surface area contributed by atoms with Gasteiger partial charge in [0.2, 0.25) is 11.8 Å². The quantitative estimate of drug-likeness (QED) is 0.439. The smallest absolute Gasteiger partial charge is 0.243 e. The van der Waals surface area contributed by atoms with E-state index in [1.807, 2.05) is 20.8 Å². The summed E-state index contributed by atoms with van der Waals surface area (Å²) in [6.45, 7) is 6.07. The number of aliphatic hydroxyl groups excluding tert-OH is 2. The summed E-state index contributed by atoms with van der Waals surface area (Å²) < 4.78 is 5.54. The van der Waals surface area contributed by atoms with E-state index in [1.54, 1.807) is 25.2 Å². The molecule has 0 saturated carbocycles. The van der Waals surface area contributed by atoms with Crippen molar-refractivity contribution in [2.75, 3.05) is 26.8 Å². The van der Waals surface area contributed by atoms with Crippen molar-refractivity contribution in [2.45, 2.75) is 51.9 Å². The number of hydrogen-bond donors (Lipinski definition) is 4. The van der Waals surface area contributed by atoms with Crippen LogP contribution in [0.2, 0.25) is 0 Å². The Morgan fingerprint density at radius 2 is 2.10 bits per heavy atom. The standard InChI is InChI=1S/C23H33N3O5/c1-6-15-7-8-16(19(11-15)31-10-9-27)13-25-21(29)18-12-17(28)14-26(18)22(30)20(24-5)23(2,3)4/h1,7-8,11,17-18,20,24,27-28H,9-10,12-14H2,2-5H3,(H,25,29)/t17-,18+,20-/m1/s1. The van der Waals surface area contributed by atoms with Crippen LogP contribution in [0.1, 0.15) is 38.3 Å². The Morgan fingerprint density at radius 3 is 2.68 bits per heavy atom. The highest BCUT2D eigenvalue weighted by Gasteiger charge is 2.43. The molecule has 1 aliphatic rings. The Morgan fingerprint density at radius 1 is 1.39 bits per heavy atom. The van der Waals surface area contributed by atoms with Gasteiger partial charge < -0.3 is 30.5 Å². The molecule has 8 heteroatoms. The lowest BCUT2D eigenvalue weighted by Gasteiger charge is -2.34. The first kappa shape index (κ1) is 24.7. The number of ether oxygens (including phenoxy) is 1. The molecule has 4 N–H and O–H groups in total. The Balaban J connectivity index is 2.14. The third-order valence-corrected chi connectivity index (χ3v) is 5.30. The molecule has 8 nitrogen and oxygen atoms in total. The highest BCUT2D eigenvalue weighted by molar-refractivity contribution is 5.91. The predicted octanol–water partition coefficient (Wildman–Crippen LogP) is 0.251. The number of terminal acetylenes is 1. The summed E-state index contributed by atoms with van der Waals surface area (Å²) in [5.74, 6) is 2.45. The van der Waals surface area contributed by atoms with Gasteiger partial charge in [-0.2, -0.15) is 0 Å². The largest absolute Gasteiger partial charge is 0.491 e. The number of amides is 2. The van der Waals surface area contributed by atoms with Crippen molar-refractivity contribution in [1.29, 1.82) is 0 Å². The maximum Gasteiger partial charge on any atom is 0.243 e. The summed E-state index contributed by atoms with van der Waals surface area (Å²) in [6.07, 6.45) is 4.86. The number of nitrogens with zero attached hydrogens (tertiary/aromatic N) is 1. The molecule has 0 aliphatic carbocycles. The number of carbonyl (C=O) groups is 2. The monoisotopic (exact) mass is 431 g/mol. The molecule has 0 bridgehead atoms.